The van der Waals surface area contributed by atoms with Crippen molar-refractivity contribution < 1.29 is 5.21 Å². The predicted molar refractivity (Wildman–Crippen MR) is 74.4 cm³/mol. The summed E-state index contributed by atoms with van der Waals surface area (Å²) in [6.07, 6.45) is 7.72. The number of nitriles is 1. The molecular formula is C14H13N3OS. The summed E-state index contributed by atoms with van der Waals surface area (Å²) in [5.41, 5.74) is 2.77. The molecule has 96 valence electrons. The number of fused-ring (bicyclic) bond motifs is 1. The van der Waals surface area contributed by atoms with Crippen LogP contribution in [0.5, 0.6) is 0 Å². The molecule has 19 heavy (non-hydrogen) atoms. The summed E-state index contributed by atoms with van der Waals surface area (Å²) in [4.78, 5) is 1.33. The van der Waals surface area contributed by atoms with Crippen LogP contribution < -0.4 is 0 Å². The Balaban J connectivity index is 2.17. The Labute approximate surface area is 115 Å². The lowest BCUT2D eigenvalue weighted by Crippen LogP contribution is -2.01. The SMILES string of the molecule is N#Cc1c(-n2cccc2/C=N/O)sc2c1CCCC2. The minimum absolute atomic E-state index is 0.776. The van der Waals surface area contributed by atoms with Gasteiger partial charge in [0.05, 0.1) is 17.5 Å². The molecule has 1 aliphatic rings. The number of aryl methyl sites for hydroxylation is 1. The van der Waals surface area contributed by atoms with Gasteiger partial charge in [-0.15, -0.1) is 11.3 Å². The molecule has 0 spiro atoms. The van der Waals surface area contributed by atoms with Crippen molar-refractivity contribution in [3.8, 4) is 11.1 Å². The molecule has 2 aromatic heterocycles. The normalized spacial score (nSPS) is 14.5. The van der Waals surface area contributed by atoms with E-state index in [-0.39, 0.29) is 0 Å². The highest BCUT2D eigenvalue weighted by molar-refractivity contribution is 7.15. The zero-order valence-electron chi connectivity index (χ0n) is 10.3. The van der Waals surface area contributed by atoms with Crippen molar-refractivity contribution in [2.24, 2.45) is 5.16 Å². The molecule has 2 aromatic rings. The number of oxime groups is 1. The largest absolute Gasteiger partial charge is 0.411 e. The van der Waals surface area contributed by atoms with Crippen LogP contribution in [0.25, 0.3) is 5.00 Å². The van der Waals surface area contributed by atoms with Gasteiger partial charge in [0, 0.05) is 11.1 Å². The van der Waals surface area contributed by atoms with E-state index in [4.69, 9.17) is 5.21 Å². The molecule has 5 heteroatoms. The molecule has 0 unspecified atom stereocenters. The Morgan fingerprint density at radius 3 is 3.05 bits per heavy atom. The van der Waals surface area contributed by atoms with Crippen LogP contribution in [-0.2, 0) is 12.8 Å². The Hall–Kier alpha value is -2.06. The van der Waals surface area contributed by atoms with E-state index in [0.717, 1.165) is 35.5 Å². The van der Waals surface area contributed by atoms with Crippen molar-refractivity contribution in [3.05, 3.63) is 40.0 Å². The monoisotopic (exact) mass is 271 g/mol. The summed E-state index contributed by atoms with van der Waals surface area (Å²) in [7, 11) is 0. The highest BCUT2D eigenvalue weighted by Crippen LogP contribution is 2.36. The summed E-state index contributed by atoms with van der Waals surface area (Å²) in [6, 6.07) is 6.09. The van der Waals surface area contributed by atoms with Gasteiger partial charge < -0.3 is 9.77 Å². The molecule has 0 bridgehead atoms. The fourth-order valence-electron chi connectivity index (χ4n) is 2.58. The first-order chi connectivity index (χ1) is 9.35. The van der Waals surface area contributed by atoms with Crippen molar-refractivity contribution in [1.82, 2.24) is 4.57 Å². The third-order valence-corrected chi connectivity index (χ3v) is 4.74. The fourth-order valence-corrected chi connectivity index (χ4v) is 3.92. The summed E-state index contributed by atoms with van der Waals surface area (Å²) < 4.78 is 1.92. The summed E-state index contributed by atoms with van der Waals surface area (Å²) >= 11 is 1.68. The molecule has 0 saturated heterocycles. The molecule has 2 heterocycles. The molecule has 1 N–H and O–H groups in total. The highest BCUT2D eigenvalue weighted by Gasteiger charge is 2.22. The topological polar surface area (TPSA) is 61.3 Å². The lowest BCUT2D eigenvalue weighted by atomic mass is 9.96. The van der Waals surface area contributed by atoms with E-state index < -0.39 is 0 Å². The van der Waals surface area contributed by atoms with Gasteiger partial charge >= 0.3 is 0 Å². The van der Waals surface area contributed by atoms with E-state index in [1.54, 1.807) is 11.3 Å². The average Bonchev–Trinajstić information content (AvgIpc) is 3.02. The van der Waals surface area contributed by atoms with Gasteiger partial charge in [0.25, 0.3) is 0 Å². The maximum absolute atomic E-state index is 9.44. The van der Waals surface area contributed by atoms with Crippen LogP contribution in [0.4, 0.5) is 0 Å². The molecule has 0 amide bonds. The van der Waals surface area contributed by atoms with Crippen molar-refractivity contribution in [1.29, 1.82) is 5.26 Å². The lowest BCUT2D eigenvalue weighted by molar-refractivity contribution is 0.321. The Morgan fingerprint density at radius 2 is 2.26 bits per heavy atom. The van der Waals surface area contributed by atoms with Crippen molar-refractivity contribution in [3.63, 3.8) is 0 Å². The number of hydrogen-bond acceptors (Lipinski definition) is 4. The van der Waals surface area contributed by atoms with Crippen LogP contribution in [0.1, 0.15) is 34.5 Å². The number of rotatable bonds is 2. The quantitative estimate of drug-likeness (QED) is 0.518. The number of hydrogen-bond donors (Lipinski definition) is 1. The molecule has 3 rings (SSSR count). The van der Waals surface area contributed by atoms with Crippen LogP contribution >= 0.6 is 11.3 Å². The minimum Gasteiger partial charge on any atom is -0.411 e. The van der Waals surface area contributed by atoms with E-state index in [2.05, 4.69) is 11.2 Å². The maximum atomic E-state index is 9.44. The fraction of sp³-hybridized carbons (Fsp3) is 0.286. The average molecular weight is 271 g/mol. The van der Waals surface area contributed by atoms with Crippen LogP contribution in [0.3, 0.4) is 0 Å². The third-order valence-electron chi connectivity index (χ3n) is 3.45. The zero-order valence-corrected chi connectivity index (χ0v) is 11.2. The third kappa shape index (κ3) is 1.94. The maximum Gasteiger partial charge on any atom is 0.118 e. The summed E-state index contributed by atoms with van der Waals surface area (Å²) in [6.45, 7) is 0. The number of nitrogens with zero attached hydrogens (tertiary/aromatic N) is 3. The highest BCUT2D eigenvalue weighted by atomic mass is 32.1. The summed E-state index contributed by atoms with van der Waals surface area (Å²) in [5.74, 6) is 0. The minimum atomic E-state index is 0.776. The smallest absolute Gasteiger partial charge is 0.118 e. The Morgan fingerprint density at radius 1 is 1.42 bits per heavy atom. The molecule has 1 aliphatic carbocycles. The van der Waals surface area contributed by atoms with Gasteiger partial charge in [0.15, 0.2) is 0 Å². The number of aromatic nitrogens is 1. The Kier molecular flexibility index (Phi) is 3.10. The first-order valence-electron chi connectivity index (χ1n) is 6.25. The summed E-state index contributed by atoms with van der Waals surface area (Å²) in [5, 5.41) is 22.2. The van der Waals surface area contributed by atoms with Crippen LogP contribution in [-0.4, -0.2) is 16.0 Å². The van der Waals surface area contributed by atoms with E-state index in [1.165, 1.54) is 23.1 Å². The molecule has 0 saturated carbocycles. The standard InChI is InChI=1S/C14H13N3OS/c15-8-12-11-5-1-2-6-13(11)19-14(12)17-7-3-4-10(17)9-16-18/h3-4,7,9,18H,1-2,5-6H2/b16-9+. The second kappa shape index (κ2) is 4.90. The van der Waals surface area contributed by atoms with Gasteiger partial charge in [0.1, 0.15) is 11.1 Å². The first kappa shape index (κ1) is 12.0. The zero-order chi connectivity index (χ0) is 13.2. The van der Waals surface area contributed by atoms with Crippen molar-refractivity contribution in [2.75, 3.05) is 0 Å². The van der Waals surface area contributed by atoms with Crippen LogP contribution in [0.15, 0.2) is 23.5 Å². The van der Waals surface area contributed by atoms with Gasteiger partial charge in [-0.25, -0.2) is 0 Å². The second-order valence-corrected chi connectivity index (χ2v) is 5.63. The van der Waals surface area contributed by atoms with Gasteiger partial charge in [-0.05, 0) is 43.4 Å². The molecule has 0 fully saturated rings. The number of thiophene rings is 1. The van der Waals surface area contributed by atoms with E-state index in [9.17, 15) is 5.26 Å². The predicted octanol–water partition coefficient (Wildman–Crippen LogP) is 3.10. The molecule has 0 aromatic carbocycles. The van der Waals surface area contributed by atoms with E-state index >= 15 is 0 Å². The molecule has 0 atom stereocenters. The van der Waals surface area contributed by atoms with Crippen LogP contribution in [0.2, 0.25) is 0 Å². The van der Waals surface area contributed by atoms with Crippen molar-refractivity contribution in [2.45, 2.75) is 25.7 Å². The first-order valence-corrected chi connectivity index (χ1v) is 7.06. The van der Waals surface area contributed by atoms with E-state index in [1.807, 2.05) is 22.9 Å². The molecule has 0 radical (unpaired) electrons. The van der Waals surface area contributed by atoms with Crippen molar-refractivity contribution >= 4 is 17.6 Å². The second-order valence-electron chi connectivity index (χ2n) is 4.55. The van der Waals surface area contributed by atoms with E-state index in [0.29, 0.717) is 0 Å². The van der Waals surface area contributed by atoms with Gasteiger partial charge in [-0.1, -0.05) is 5.16 Å². The van der Waals surface area contributed by atoms with Gasteiger partial charge in [-0.2, -0.15) is 5.26 Å². The van der Waals surface area contributed by atoms with Crippen LogP contribution in [0, 0.1) is 11.3 Å². The molecule has 0 aliphatic heterocycles. The Bertz CT molecular complexity index is 675. The van der Waals surface area contributed by atoms with Gasteiger partial charge in [0.2, 0.25) is 0 Å². The lowest BCUT2D eigenvalue weighted by Gasteiger charge is -2.09. The molecule has 4 nitrogen and oxygen atoms in total. The molecular weight excluding hydrogens is 258 g/mol. The van der Waals surface area contributed by atoms with Gasteiger partial charge in [-0.3, -0.25) is 0 Å².